The number of nitrogens with one attached hydrogen (secondary N) is 2. The van der Waals surface area contributed by atoms with E-state index in [0.717, 1.165) is 11.4 Å². The summed E-state index contributed by atoms with van der Waals surface area (Å²) in [4.78, 5) is 13.5. The molecular formula is C19H22N3O+. The fourth-order valence-electron chi connectivity index (χ4n) is 2.36. The fourth-order valence-corrected chi connectivity index (χ4v) is 2.36. The zero-order valence-corrected chi connectivity index (χ0v) is 13.8. The molecule has 23 heavy (non-hydrogen) atoms. The van der Waals surface area contributed by atoms with Crippen molar-refractivity contribution in [1.29, 1.82) is 5.26 Å². The number of nitrogens with zero attached hydrogens (tertiary/aromatic N) is 1. The Morgan fingerprint density at radius 1 is 1.22 bits per heavy atom. The first-order valence-electron chi connectivity index (χ1n) is 7.69. The van der Waals surface area contributed by atoms with Crippen LogP contribution in [0.25, 0.3) is 0 Å². The predicted octanol–water partition coefficient (Wildman–Crippen LogP) is 1.91. The Kier molecular flexibility index (Phi) is 5.51. The van der Waals surface area contributed by atoms with Crippen LogP contribution in [0.4, 0.5) is 5.69 Å². The lowest BCUT2D eigenvalue weighted by atomic mass is 10.1. The third-order valence-electron chi connectivity index (χ3n) is 4.14. The van der Waals surface area contributed by atoms with E-state index in [1.807, 2.05) is 26.1 Å². The maximum Gasteiger partial charge on any atom is 0.282 e. The van der Waals surface area contributed by atoms with E-state index in [1.54, 1.807) is 24.3 Å². The SMILES string of the molecule is Cc1ccccc1C[NH+](C)[C@@H](C)C(=O)Nc1ccc(C#N)cc1. The lowest BCUT2D eigenvalue weighted by molar-refractivity contribution is -0.907. The highest BCUT2D eigenvalue weighted by Gasteiger charge is 2.22. The third-order valence-corrected chi connectivity index (χ3v) is 4.14. The highest BCUT2D eigenvalue weighted by atomic mass is 16.2. The van der Waals surface area contributed by atoms with Crippen molar-refractivity contribution in [2.24, 2.45) is 0 Å². The van der Waals surface area contributed by atoms with Crippen molar-refractivity contribution in [2.75, 3.05) is 12.4 Å². The number of carbonyl (C=O) groups is 1. The van der Waals surface area contributed by atoms with Crippen LogP contribution in [0, 0.1) is 18.3 Å². The molecule has 2 aromatic rings. The first-order chi connectivity index (χ1) is 11.0. The second kappa shape index (κ2) is 7.57. The van der Waals surface area contributed by atoms with Crippen LogP contribution in [0.2, 0.25) is 0 Å². The molecule has 0 saturated carbocycles. The molecule has 2 N–H and O–H groups in total. The summed E-state index contributed by atoms with van der Waals surface area (Å²) in [5.41, 5.74) is 3.79. The van der Waals surface area contributed by atoms with E-state index in [9.17, 15) is 4.79 Å². The second-order valence-electron chi connectivity index (χ2n) is 5.85. The highest BCUT2D eigenvalue weighted by Crippen LogP contribution is 2.09. The van der Waals surface area contributed by atoms with Crippen molar-refractivity contribution in [1.82, 2.24) is 0 Å². The molecule has 0 fully saturated rings. The molecule has 0 aliphatic carbocycles. The largest absolute Gasteiger partial charge is 0.324 e. The van der Waals surface area contributed by atoms with Gasteiger partial charge in [-0.2, -0.15) is 5.26 Å². The Hall–Kier alpha value is -2.64. The van der Waals surface area contributed by atoms with Gasteiger partial charge >= 0.3 is 0 Å². The second-order valence-corrected chi connectivity index (χ2v) is 5.85. The maximum atomic E-state index is 12.4. The summed E-state index contributed by atoms with van der Waals surface area (Å²) in [6, 6.07) is 17.0. The van der Waals surface area contributed by atoms with E-state index < -0.39 is 0 Å². The first-order valence-corrected chi connectivity index (χ1v) is 7.69. The summed E-state index contributed by atoms with van der Waals surface area (Å²) in [6.45, 7) is 4.81. The van der Waals surface area contributed by atoms with Gasteiger partial charge in [0.25, 0.3) is 5.91 Å². The number of nitriles is 1. The number of hydrogen-bond acceptors (Lipinski definition) is 2. The molecule has 118 valence electrons. The molecule has 4 nitrogen and oxygen atoms in total. The normalized spacial score (nSPS) is 13.0. The van der Waals surface area contributed by atoms with Crippen LogP contribution in [0.5, 0.6) is 0 Å². The van der Waals surface area contributed by atoms with E-state index in [0.29, 0.717) is 11.3 Å². The average molecular weight is 308 g/mol. The summed E-state index contributed by atoms with van der Waals surface area (Å²) in [5, 5.41) is 11.7. The smallest absolute Gasteiger partial charge is 0.282 e. The standard InChI is InChI=1S/C19H21N3O/c1-14-6-4-5-7-17(14)13-22(3)15(2)19(23)21-18-10-8-16(12-20)9-11-18/h4-11,15H,13H2,1-3H3,(H,21,23)/p+1/t15-/m0/s1. The number of aryl methyl sites for hydroxylation is 1. The molecule has 1 amide bonds. The topological polar surface area (TPSA) is 57.3 Å². The first kappa shape index (κ1) is 16.7. The number of carbonyl (C=O) groups excluding carboxylic acids is 1. The Balaban J connectivity index is 1.98. The fraction of sp³-hybridized carbons (Fsp3) is 0.263. The highest BCUT2D eigenvalue weighted by molar-refractivity contribution is 5.93. The minimum atomic E-state index is -0.176. The Bertz CT molecular complexity index is 716. The van der Waals surface area contributed by atoms with Crippen LogP contribution < -0.4 is 10.2 Å². The van der Waals surface area contributed by atoms with Crippen molar-refractivity contribution < 1.29 is 9.69 Å². The van der Waals surface area contributed by atoms with Crippen molar-refractivity contribution in [3.8, 4) is 6.07 Å². The monoisotopic (exact) mass is 308 g/mol. The van der Waals surface area contributed by atoms with E-state index in [4.69, 9.17) is 5.26 Å². The molecule has 0 radical (unpaired) electrons. The van der Waals surface area contributed by atoms with Gasteiger partial charge in [-0.3, -0.25) is 4.79 Å². The van der Waals surface area contributed by atoms with Crippen LogP contribution in [0.15, 0.2) is 48.5 Å². The molecule has 2 atom stereocenters. The molecule has 4 heteroatoms. The molecular weight excluding hydrogens is 286 g/mol. The lowest BCUT2D eigenvalue weighted by Gasteiger charge is -2.22. The number of amides is 1. The number of hydrogen-bond donors (Lipinski definition) is 2. The van der Waals surface area contributed by atoms with Gasteiger partial charge in [0.05, 0.1) is 18.7 Å². The van der Waals surface area contributed by atoms with Gasteiger partial charge < -0.3 is 10.2 Å². The van der Waals surface area contributed by atoms with Crippen molar-refractivity contribution in [2.45, 2.75) is 26.4 Å². The van der Waals surface area contributed by atoms with Crippen molar-refractivity contribution in [3.63, 3.8) is 0 Å². The van der Waals surface area contributed by atoms with Gasteiger partial charge in [-0.05, 0) is 43.7 Å². The molecule has 0 spiro atoms. The summed E-state index contributed by atoms with van der Waals surface area (Å²) in [5.74, 6) is -0.0270. The number of quaternary nitrogens is 1. The van der Waals surface area contributed by atoms with Gasteiger partial charge in [-0.1, -0.05) is 24.3 Å². The molecule has 0 heterocycles. The quantitative estimate of drug-likeness (QED) is 0.886. The molecule has 0 aromatic heterocycles. The predicted molar refractivity (Wildman–Crippen MR) is 91.0 cm³/mol. The summed E-state index contributed by atoms with van der Waals surface area (Å²) in [7, 11) is 2.02. The Morgan fingerprint density at radius 2 is 1.87 bits per heavy atom. The molecule has 2 rings (SSSR count). The Morgan fingerprint density at radius 3 is 2.48 bits per heavy atom. The summed E-state index contributed by atoms with van der Waals surface area (Å²) < 4.78 is 0. The minimum Gasteiger partial charge on any atom is -0.324 e. The zero-order chi connectivity index (χ0) is 16.8. The van der Waals surface area contributed by atoms with E-state index in [-0.39, 0.29) is 11.9 Å². The van der Waals surface area contributed by atoms with Crippen molar-refractivity contribution in [3.05, 3.63) is 65.2 Å². The van der Waals surface area contributed by atoms with Gasteiger partial charge in [0, 0.05) is 11.3 Å². The number of rotatable bonds is 5. The summed E-state index contributed by atoms with van der Waals surface area (Å²) >= 11 is 0. The molecule has 0 aliphatic rings. The van der Waals surface area contributed by atoms with Gasteiger partial charge in [0.2, 0.25) is 0 Å². The molecule has 2 aromatic carbocycles. The molecule has 0 bridgehead atoms. The maximum absolute atomic E-state index is 12.4. The summed E-state index contributed by atoms with van der Waals surface area (Å²) in [6.07, 6.45) is 0. The Labute approximate surface area is 137 Å². The van der Waals surface area contributed by atoms with Crippen LogP contribution in [0.3, 0.4) is 0 Å². The molecule has 1 unspecified atom stereocenters. The lowest BCUT2D eigenvalue weighted by Crippen LogP contribution is -3.12. The average Bonchev–Trinajstić information content (AvgIpc) is 2.56. The van der Waals surface area contributed by atoms with Crippen LogP contribution in [-0.4, -0.2) is 19.0 Å². The van der Waals surface area contributed by atoms with Crippen LogP contribution in [0.1, 0.15) is 23.6 Å². The van der Waals surface area contributed by atoms with E-state index >= 15 is 0 Å². The van der Waals surface area contributed by atoms with Gasteiger partial charge in [-0.25, -0.2) is 0 Å². The van der Waals surface area contributed by atoms with Gasteiger partial charge in [0.15, 0.2) is 6.04 Å². The molecule has 0 saturated heterocycles. The minimum absolute atomic E-state index is 0.0270. The van der Waals surface area contributed by atoms with Crippen LogP contribution in [-0.2, 0) is 11.3 Å². The number of benzene rings is 2. The van der Waals surface area contributed by atoms with E-state index in [1.165, 1.54) is 11.1 Å². The number of likely N-dealkylation sites (N-methyl/N-ethyl adjacent to an activating group) is 1. The van der Waals surface area contributed by atoms with Crippen molar-refractivity contribution >= 4 is 11.6 Å². The zero-order valence-electron chi connectivity index (χ0n) is 13.8. The van der Waals surface area contributed by atoms with Gasteiger partial charge in [-0.15, -0.1) is 0 Å². The van der Waals surface area contributed by atoms with Gasteiger partial charge in [0.1, 0.15) is 6.54 Å². The number of anilines is 1. The van der Waals surface area contributed by atoms with Crippen LogP contribution >= 0.6 is 0 Å². The third kappa shape index (κ3) is 4.41. The molecule has 0 aliphatic heterocycles. The van der Waals surface area contributed by atoms with E-state index in [2.05, 4.69) is 30.4 Å².